The zero-order valence-electron chi connectivity index (χ0n) is 20.2. The molecular weight excluding hydrogens is 486 g/mol. The van der Waals surface area contributed by atoms with Gasteiger partial charge in [-0.05, 0) is 25.0 Å². The van der Waals surface area contributed by atoms with Gasteiger partial charge in [-0.3, -0.25) is 28.8 Å². The summed E-state index contributed by atoms with van der Waals surface area (Å²) in [4.78, 5) is 75.2. The van der Waals surface area contributed by atoms with Crippen LogP contribution in [0.1, 0.15) is 31.7 Å². The molecule has 0 aliphatic rings. The normalized spacial score (nSPS) is 14.1. The van der Waals surface area contributed by atoms with Crippen molar-refractivity contribution in [1.29, 1.82) is 0 Å². The first-order valence-corrected chi connectivity index (χ1v) is 11.4. The molecule has 11 N–H and O–H groups in total. The molecular formula is C23H31N7O7. The summed E-state index contributed by atoms with van der Waals surface area (Å²) in [5.74, 6) is -5.34. The Hall–Kier alpha value is -4.46. The molecule has 0 bridgehead atoms. The van der Waals surface area contributed by atoms with E-state index >= 15 is 0 Å². The molecule has 0 spiro atoms. The second-order valence-corrected chi connectivity index (χ2v) is 8.54. The summed E-state index contributed by atoms with van der Waals surface area (Å²) in [5.41, 5.74) is 17.5. The van der Waals surface area contributed by atoms with Gasteiger partial charge in [0, 0.05) is 29.9 Å². The van der Waals surface area contributed by atoms with Crippen LogP contribution in [-0.4, -0.2) is 69.8 Å². The van der Waals surface area contributed by atoms with Crippen molar-refractivity contribution < 1.29 is 33.9 Å². The molecule has 5 amide bonds. The van der Waals surface area contributed by atoms with E-state index in [0.717, 1.165) is 10.9 Å². The van der Waals surface area contributed by atoms with Crippen molar-refractivity contribution in [1.82, 2.24) is 20.9 Å². The first-order chi connectivity index (χ1) is 17.4. The van der Waals surface area contributed by atoms with Gasteiger partial charge in [0.05, 0.1) is 12.5 Å². The van der Waals surface area contributed by atoms with Gasteiger partial charge in [-0.1, -0.05) is 18.2 Å². The molecule has 0 saturated carbocycles. The summed E-state index contributed by atoms with van der Waals surface area (Å²) in [6, 6.07) is 2.07. The molecule has 4 unspecified atom stereocenters. The van der Waals surface area contributed by atoms with Crippen LogP contribution in [0.25, 0.3) is 10.9 Å². The standard InChI is InChI=1S/C23H31N7O7/c1-11(23(36)37)28-21(34)16(6-7-18(25)31)29-22(35)17(30-20(33)14(24)9-19(26)32)8-12-10-27-15-5-3-2-4-13(12)15/h2-5,10-11,14,16-17,27H,6-9,24H2,1H3,(H2,25,31)(H2,26,32)(H,28,34)(H,29,35)(H,30,33)(H,36,37). The first kappa shape index (κ1) is 28.8. The van der Waals surface area contributed by atoms with Gasteiger partial charge in [0.25, 0.3) is 0 Å². The van der Waals surface area contributed by atoms with Crippen LogP contribution >= 0.6 is 0 Å². The van der Waals surface area contributed by atoms with Crippen LogP contribution in [0.2, 0.25) is 0 Å². The predicted octanol–water partition coefficient (Wildman–Crippen LogP) is -2.26. The van der Waals surface area contributed by atoms with Crippen LogP contribution in [0.4, 0.5) is 0 Å². The molecule has 0 saturated heterocycles. The lowest BCUT2D eigenvalue weighted by Gasteiger charge is -2.24. The van der Waals surface area contributed by atoms with E-state index in [-0.39, 0.29) is 19.3 Å². The van der Waals surface area contributed by atoms with E-state index in [1.807, 2.05) is 18.2 Å². The molecule has 1 heterocycles. The molecule has 14 heteroatoms. The summed E-state index contributed by atoms with van der Waals surface area (Å²) < 4.78 is 0. The van der Waals surface area contributed by atoms with Crippen LogP contribution in [0.3, 0.4) is 0 Å². The number of hydrogen-bond acceptors (Lipinski definition) is 7. The molecule has 0 fully saturated rings. The number of primary amides is 2. The summed E-state index contributed by atoms with van der Waals surface area (Å²) >= 11 is 0. The number of aromatic amines is 1. The van der Waals surface area contributed by atoms with Crippen LogP contribution < -0.4 is 33.2 Å². The van der Waals surface area contributed by atoms with Gasteiger partial charge in [-0.15, -0.1) is 0 Å². The molecule has 1 aromatic heterocycles. The van der Waals surface area contributed by atoms with Gasteiger partial charge in [-0.2, -0.15) is 0 Å². The zero-order valence-corrected chi connectivity index (χ0v) is 20.2. The lowest BCUT2D eigenvalue weighted by atomic mass is 10.0. The molecule has 0 aliphatic carbocycles. The fourth-order valence-corrected chi connectivity index (χ4v) is 3.52. The number of aromatic nitrogens is 1. The van der Waals surface area contributed by atoms with Gasteiger partial charge < -0.3 is 43.2 Å². The lowest BCUT2D eigenvalue weighted by molar-refractivity contribution is -0.142. The highest BCUT2D eigenvalue weighted by molar-refractivity contribution is 5.95. The Labute approximate surface area is 211 Å². The topological polar surface area (TPSA) is 253 Å². The van der Waals surface area contributed by atoms with Crippen molar-refractivity contribution in [2.45, 2.75) is 56.8 Å². The van der Waals surface area contributed by atoms with Gasteiger partial charge >= 0.3 is 5.97 Å². The van der Waals surface area contributed by atoms with Crippen LogP contribution in [0.15, 0.2) is 30.5 Å². The van der Waals surface area contributed by atoms with Gasteiger partial charge in [-0.25, -0.2) is 0 Å². The predicted molar refractivity (Wildman–Crippen MR) is 131 cm³/mol. The average Bonchev–Trinajstić information content (AvgIpc) is 3.23. The maximum Gasteiger partial charge on any atom is 0.325 e. The molecule has 14 nitrogen and oxygen atoms in total. The third-order valence-corrected chi connectivity index (χ3v) is 5.53. The van der Waals surface area contributed by atoms with Gasteiger partial charge in [0.1, 0.15) is 18.1 Å². The number of fused-ring (bicyclic) bond motifs is 1. The maximum atomic E-state index is 13.3. The number of benzene rings is 1. The highest BCUT2D eigenvalue weighted by atomic mass is 16.4. The van der Waals surface area contributed by atoms with Crippen LogP contribution in [-0.2, 0) is 35.2 Å². The summed E-state index contributed by atoms with van der Waals surface area (Å²) in [5, 5.41) is 17.0. The number of aliphatic carboxylic acids is 1. The number of carboxylic acid groups (broad SMARTS) is 1. The Balaban J connectivity index is 2.30. The molecule has 200 valence electrons. The third kappa shape index (κ3) is 8.61. The summed E-state index contributed by atoms with van der Waals surface area (Å²) in [6.07, 6.45) is 0.688. The number of rotatable bonds is 14. The second kappa shape index (κ2) is 13.0. The largest absolute Gasteiger partial charge is 0.480 e. The fraction of sp³-hybridized carbons (Fsp3) is 0.391. The van der Waals surface area contributed by atoms with E-state index in [0.29, 0.717) is 5.56 Å². The molecule has 2 aromatic rings. The smallest absolute Gasteiger partial charge is 0.325 e. The molecule has 4 atom stereocenters. The minimum atomic E-state index is -1.33. The Kier molecular flexibility index (Phi) is 10.1. The Morgan fingerprint density at radius 2 is 1.54 bits per heavy atom. The van der Waals surface area contributed by atoms with E-state index in [1.54, 1.807) is 12.3 Å². The minimum absolute atomic E-state index is 0.0272. The number of carboxylic acids is 1. The number of para-hydroxylation sites is 1. The van der Waals surface area contributed by atoms with Crippen LogP contribution in [0.5, 0.6) is 0 Å². The number of amides is 5. The number of hydrogen-bond donors (Lipinski definition) is 8. The molecule has 1 aromatic carbocycles. The number of H-pyrrole nitrogens is 1. The maximum absolute atomic E-state index is 13.3. The second-order valence-electron chi connectivity index (χ2n) is 8.54. The Morgan fingerprint density at radius 3 is 2.16 bits per heavy atom. The van der Waals surface area contributed by atoms with E-state index in [4.69, 9.17) is 22.3 Å². The molecule has 0 aliphatic heterocycles. The van der Waals surface area contributed by atoms with Crippen molar-refractivity contribution in [2.75, 3.05) is 0 Å². The zero-order chi connectivity index (χ0) is 27.7. The highest BCUT2D eigenvalue weighted by Crippen LogP contribution is 2.19. The molecule has 2 rings (SSSR count). The van der Waals surface area contributed by atoms with E-state index < -0.39 is 66.1 Å². The van der Waals surface area contributed by atoms with Gasteiger partial charge in [0.2, 0.25) is 29.5 Å². The summed E-state index contributed by atoms with van der Waals surface area (Å²) in [7, 11) is 0. The molecule has 37 heavy (non-hydrogen) atoms. The lowest BCUT2D eigenvalue weighted by Crippen LogP contribution is -2.57. The van der Waals surface area contributed by atoms with Crippen LogP contribution in [0, 0.1) is 0 Å². The van der Waals surface area contributed by atoms with Crippen molar-refractivity contribution >= 4 is 46.4 Å². The summed E-state index contributed by atoms with van der Waals surface area (Å²) in [6.45, 7) is 1.23. The number of carbonyl (C=O) groups excluding carboxylic acids is 5. The number of nitrogens with one attached hydrogen (secondary N) is 4. The van der Waals surface area contributed by atoms with Crippen molar-refractivity contribution in [3.05, 3.63) is 36.0 Å². The Morgan fingerprint density at radius 1 is 0.919 bits per heavy atom. The number of carbonyl (C=O) groups is 6. The fourth-order valence-electron chi connectivity index (χ4n) is 3.52. The third-order valence-electron chi connectivity index (χ3n) is 5.53. The minimum Gasteiger partial charge on any atom is -0.480 e. The van der Waals surface area contributed by atoms with Crippen molar-refractivity contribution in [2.24, 2.45) is 17.2 Å². The first-order valence-electron chi connectivity index (χ1n) is 11.4. The quantitative estimate of drug-likeness (QED) is 0.135. The van der Waals surface area contributed by atoms with E-state index in [9.17, 15) is 28.8 Å². The van der Waals surface area contributed by atoms with E-state index in [2.05, 4.69) is 20.9 Å². The Bertz CT molecular complexity index is 1180. The highest BCUT2D eigenvalue weighted by Gasteiger charge is 2.30. The monoisotopic (exact) mass is 517 g/mol. The average molecular weight is 518 g/mol. The van der Waals surface area contributed by atoms with Gasteiger partial charge in [0.15, 0.2) is 0 Å². The van der Waals surface area contributed by atoms with Crippen molar-refractivity contribution in [3.8, 4) is 0 Å². The van der Waals surface area contributed by atoms with E-state index in [1.165, 1.54) is 6.92 Å². The SMILES string of the molecule is CC(NC(=O)C(CCC(N)=O)NC(=O)C(Cc1c[nH]c2ccccc12)NC(=O)C(N)CC(N)=O)C(=O)O. The number of nitrogens with two attached hydrogens (primary N) is 3. The van der Waals surface area contributed by atoms with Crippen molar-refractivity contribution in [3.63, 3.8) is 0 Å². The molecule has 0 radical (unpaired) electrons.